The summed E-state index contributed by atoms with van der Waals surface area (Å²) in [4.78, 5) is 6.82. The number of H-pyrrole nitrogens is 1. The Morgan fingerprint density at radius 3 is 2.95 bits per heavy atom. The highest BCUT2D eigenvalue weighted by atomic mass is 79.9. The van der Waals surface area contributed by atoms with Crippen molar-refractivity contribution in [3.63, 3.8) is 0 Å². The molecule has 5 nitrogen and oxygen atoms in total. The Bertz CT molecular complexity index is 559. The summed E-state index contributed by atoms with van der Waals surface area (Å²) in [5.41, 5.74) is 1.04. The number of thiophene rings is 1. The number of nitrogens with zero attached hydrogens (tertiary/aromatic N) is 3. The van der Waals surface area contributed by atoms with E-state index >= 15 is 0 Å². The van der Waals surface area contributed by atoms with Gasteiger partial charge in [-0.25, -0.2) is 0 Å². The second-order valence-electron chi connectivity index (χ2n) is 4.31. The third-order valence-corrected chi connectivity index (χ3v) is 5.35. The van der Waals surface area contributed by atoms with Gasteiger partial charge in [-0.2, -0.15) is 4.98 Å². The van der Waals surface area contributed by atoms with Crippen molar-refractivity contribution in [2.75, 3.05) is 31.1 Å². The van der Waals surface area contributed by atoms with Gasteiger partial charge in [0.05, 0.1) is 7.57 Å². The highest BCUT2D eigenvalue weighted by Gasteiger charge is 2.17. The molecule has 0 saturated carbocycles. The third-order valence-electron chi connectivity index (χ3n) is 3.01. The van der Waals surface area contributed by atoms with Crippen LogP contribution in [0.3, 0.4) is 0 Å². The van der Waals surface area contributed by atoms with Crippen LogP contribution >= 0.6 is 43.2 Å². The van der Waals surface area contributed by atoms with Crippen LogP contribution in [0.4, 0.5) is 5.95 Å². The predicted molar refractivity (Wildman–Crippen MR) is 84.8 cm³/mol. The first-order valence-corrected chi connectivity index (χ1v) is 8.47. The average Bonchev–Trinajstić information content (AvgIpc) is 2.88. The first-order valence-electron chi connectivity index (χ1n) is 6.07. The summed E-state index contributed by atoms with van der Waals surface area (Å²) in [6.07, 6.45) is 1.12. The fraction of sp³-hybridized carbons (Fsp3) is 0.455. The molecule has 0 unspecified atom stereocenters. The molecule has 0 amide bonds. The monoisotopic (exact) mass is 405 g/mol. The number of nitrogens with one attached hydrogen (secondary N) is 2. The van der Waals surface area contributed by atoms with Gasteiger partial charge < -0.3 is 10.2 Å². The standard InChI is InChI=1S/C11H13Br2N5S/c12-8-6-7(9(13)19-8)10-15-11(17-16-10)18-4-1-2-14-3-5-18/h6,14H,1-5H2,(H,15,16,17). The van der Waals surface area contributed by atoms with Crippen molar-refractivity contribution in [1.29, 1.82) is 0 Å². The molecule has 3 rings (SSSR count). The van der Waals surface area contributed by atoms with E-state index in [2.05, 4.69) is 57.3 Å². The van der Waals surface area contributed by atoms with Gasteiger partial charge in [0.25, 0.3) is 0 Å². The number of halogens is 2. The molecule has 0 spiro atoms. The van der Waals surface area contributed by atoms with Crippen molar-refractivity contribution < 1.29 is 0 Å². The maximum Gasteiger partial charge on any atom is 0.245 e. The van der Waals surface area contributed by atoms with Crippen molar-refractivity contribution >= 4 is 49.1 Å². The van der Waals surface area contributed by atoms with Crippen molar-refractivity contribution in [2.45, 2.75) is 6.42 Å². The van der Waals surface area contributed by atoms with Gasteiger partial charge >= 0.3 is 0 Å². The predicted octanol–water partition coefficient (Wildman–Crippen LogP) is 2.86. The van der Waals surface area contributed by atoms with Crippen LogP contribution in [-0.2, 0) is 0 Å². The first kappa shape index (κ1) is 13.5. The van der Waals surface area contributed by atoms with Crippen molar-refractivity contribution in [3.8, 4) is 11.4 Å². The maximum atomic E-state index is 4.61. The zero-order valence-electron chi connectivity index (χ0n) is 10.1. The van der Waals surface area contributed by atoms with Gasteiger partial charge in [0.2, 0.25) is 5.95 Å². The van der Waals surface area contributed by atoms with Crippen molar-refractivity contribution in [3.05, 3.63) is 13.6 Å². The van der Waals surface area contributed by atoms with E-state index in [1.807, 2.05) is 6.07 Å². The summed E-state index contributed by atoms with van der Waals surface area (Å²) in [5, 5.41) is 10.7. The molecule has 0 radical (unpaired) electrons. The van der Waals surface area contributed by atoms with Crippen LogP contribution in [0.25, 0.3) is 11.4 Å². The molecule has 0 atom stereocenters. The highest BCUT2D eigenvalue weighted by molar-refractivity contribution is 9.12. The average molecular weight is 407 g/mol. The SMILES string of the molecule is Brc1cc(-c2nc(N3CCCNCC3)n[nH]2)c(Br)s1. The van der Waals surface area contributed by atoms with Gasteiger partial charge in [-0.15, -0.1) is 16.4 Å². The van der Waals surface area contributed by atoms with Gasteiger partial charge in [0, 0.05) is 25.2 Å². The second kappa shape index (κ2) is 5.90. The van der Waals surface area contributed by atoms with Crippen molar-refractivity contribution in [1.82, 2.24) is 20.5 Å². The van der Waals surface area contributed by atoms with Crippen molar-refractivity contribution in [2.24, 2.45) is 0 Å². The Labute approximate surface area is 132 Å². The van der Waals surface area contributed by atoms with Crippen LogP contribution in [0.1, 0.15) is 6.42 Å². The highest BCUT2D eigenvalue weighted by Crippen LogP contribution is 2.37. The summed E-state index contributed by atoms with van der Waals surface area (Å²) >= 11 is 8.66. The summed E-state index contributed by atoms with van der Waals surface area (Å²) in [6.45, 7) is 4.00. The minimum absolute atomic E-state index is 0.785. The van der Waals surface area contributed by atoms with E-state index in [1.165, 1.54) is 0 Å². The van der Waals surface area contributed by atoms with Crippen LogP contribution in [0, 0.1) is 0 Å². The summed E-state index contributed by atoms with van der Waals surface area (Å²) in [7, 11) is 0. The zero-order valence-corrected chi connectivity index (χ0v) is 14.1. The lowest BCUT2D eigenvalue weighted by Crippen LogP contribution is -2.28. The minimum Gasteiger partial charge on any atom is -0.338 e. The number of rotatable bonds is 2. The maximum absolute atomic E-state index is 4.61. The van der Waals surface area contributed by atoms with Gasteiger partial charge in [-0.3, -0.25) is 5.10 Å². The Hall–Kier alpha value is -0.440. The van der Waals surface area contributed by atoms with E-state index in [1.54, 1.807) is 11.3 Å². The number of hydrogen-bond donors (Lipinski definition) is 2. The molecular formula is C11H13Br2N5S. The molecule has 0 aromatic carbocycles. The number of hydrogen-bond acceptors (Lipinski definition) is 5. The van der Waals surface area contributed by atoms with E-state index < -0.39 is 0 Å². The molecule has 1 fully saturated rings. The molecule has 19 heavy (non-hydrogen) atoms. The van der Waals surface area contributed by atoms with Gasteiger partial charge in [0.1, 0.15) is 0 Å². The summed E-state index contributed by atoms with van der Waals surface area (Å²) in [6, 6.07) is 2.04. The molecule has 0 aliphatic carbocycles. The Kier molecular flexibility index (Phi) is 4.21. The number of aromatic nitrogens is 3. The Morgan fingerprint density at radius 2 is 2.16 bits per heavy atom. The minimum atomic E-state index is 0.785. The molecule has 0 bridgehead atoms. The van der Waals surface area contributed by atoms with E-state index in [0.29, 0.717) is 0 Å². The zero-order chi connectivity index (χ0) is 13.2. The molecule has 2 aromatic heterocycles. The molecule has 2 N–H and O–H groups in total. The van der Waals surface area contributed by atoms with Gasteiger partial charge in [0.15, 0.2) is 5.82 Å². The normalized spacial score (nSPS) is 16.6. The number of anilines is 1. The summed E-state index contributed by atoms with van der Waals surface area (Å²) in [5.74, 6) is 1.59. The van der Waals surface area contributed by atoms with Crippen LogP contribution < -0.4 is 10.2 Å². The van der Waals surface area contributed by atoms with Crippen LogP contribution in [0.5, 0.6) is 0 Å². The van der Waals surface area contributed by atoms with Gasteiger partial charge in [-0.05, 0) is 50.9 Å². The molecule has 8 heteroatoms. The lowest BCUT2D eigenvalue weighted by molar-refractivity contribution is 0.724. The van der Waals surface area contributed by atoms with Crippen LogP contribution in [0.2, 0.25) is 0 Å². The lowest BCUT2D eigenvalue weighted by Gasteiger charge is -2.16. The van der Waals surface area contributed by atoms with Crippen LogP contribution in [-0.4, -0.2) is 41.4 Å². The smallest absolute Gasteiger partial charge is 0.245 e. The Balaban J connectivity index is 1.84. The second-order valence-corrected chi connectivity index (χ2v) is 8.06. The summed E-state index contributed by atoms with van der Waals surface area (Å²) < 4.78 is 2.13. The molecule has 3 heterocycles. The molecule has 1 aliphatic rings. The van der Waals surface area contributed by atoms with E-state index in [9.17, 15) is 0 Å². The molecular weight excluding hydrogens is 394 g/mol. The topological polar surface area (TPSA) is 56.8 Å². The number of aromatic amines is 1. The first-order chi connectivity index (χ1) is 9.24. The molecule has 1 saturated heterocycles. The van der Waals surface area contributed by atoms with E-state index in [0.717, 1.165) is 57.5 Å². The molecule has 102 valence electrons. The fourth-order valence-corrected chi connectivity index (χ4v) is 4.87. The third kappa shape index (κ3) is 3.01. The van der Waals surface area contributed by atoms with Crippen LogP contribution in [0.15, 0.2) is 13.6 Å². The fourth-order valence-electron chi connectivity index (χ4n) is 2.06. The lowest BCUT2D eigenvalue weighted by atomic mass is 10.3. The quantitative estimate of drug-likeness (QED) is 0.804. The molecule has 1 aliphatic heterocycles. The Morgan fingerprint density at radius 1 is 1.26 bits per heavy atom. The largest absolute Gasteiger partial charge is 0.338 e. The van der Waals surface area contributed by atoms with Gasteiger partial charge in [-0.1, -0.05) is 0 Å². The van der Waals surface area contributed by atoms with E-state index in [-0.39, 0.29) is 0 Å². The van der Waals surface area contributed by atoms with E-state index in [4.69, 9.17) is 0 Å². The molecule has 2 aromatic rings.